The van der Waals surface area contributed by atoms with Crippen LogP contribution in [0.2, 0.25) is 0 Å². The van der Waals surface area contributed by atoms with E-state index in [4.69, 9.17) is 10.5 Å². The maximum Gasteiger partial charge on any atom is 0.329 e. The summed E-state index contributed by atoms with van der Waals surface area (Å²) >= 11 is 0. The number of hydrogen-bond acceptors (Lipinski definition) is 5. The van der Waals surface area contributed by atoms with E-state index in [-0.39, 0.29) is 44.4 Å². The Balaban J connectivity index is -0.00000338. The quantitative estimate of drug-likeness (QED) is 0.313. The number of nitrogens with two attached hydrogens (primary N) is 1. The SMILES string of the molecule is CC(C)[C@H](NC(C)(C)C)C(=O)N[C@@H](CCCNC(N)=O)C(=O)OC(C)(C)C.S.S. The minimum Gasteiger partial charge on any atom is -0.458 e. The Kier molecular flexibility index (Phi) is 15.7. The molecule has 0 spiro atoms. The van der Waals surface area contributed by atoms with Crippen LogP contribution in [-0.4, -0.2) is 47.7 Å². The molecule has 3 amide bonds. The number of amides is 3. The van der Waals surface area contributed by atoms with E-state index in [1.165, 1.54) is 0 Å². The van der Waals surface area contributed by atoms with Crippen molar-refractivity contribution >= 4 is 44.9 Å². The number of esters is 1. The maximum absolute atomic E-state index is 12.8. The van der Waals surface area contributed by atoms with Crippen LogP contribution in [0.1, 0.15) is 68.2 Å². The molecule has 0 aromatic heterocycles. The van der Waals surface area contributed by atoms with Crippen molar-refractivity contribution in [3.05, 3.63) is 0 Å². The largest absolute Gasteiger partial charge is 0.458 e. The van der Waals surface area contributed by atoms with Gasteiger partial charge in [-0.05, 0) is 60.3 Å². The molecule has 0 aliphatic heterocycles. The molecule has 0 rings (SSSR count). The first-order chi connectivity index (χ1) is 12.1. The van der Waals surface area contributed by atoms with Crippen molar-refractivity contribution in [1.82, 2.24) is 16.0 Å². The third kappa shape index (κ3) is 16.4. The molecule has 0 saturated carbocycles. The minimum atomic E-state index is -0.797. The average Bonchev–Trinajstić information content (AvgIpc) is 2.44. The molecule has 8 nitrogen and oxygen atoms in total. The van der Waals surface area contributed by atoms with E-state index in [1.807, 2.05) is 34.6 Å². The van der Waals surface area contributed by atoms with Crippen LogP contribution < -0.4 is 21.7 Å². The van der Waals surface area contributed by atoms with Crippen LogP contribution in [0, 0.1) is 5.92 Å². The number of carbonyl (C=O) groups is 3. The van der Waals surface area contributed by atoms with Gasteiger partial charge in [-0.1, -0.05) is 13.8 Å². The van der Waals surface area contributed by atoms with Crippen molar-refractivity contribution in [3.63, 3.8) is 0 Å². The van der Waals surface area contributed by atoms with Gasteiger partial charge < -0.3 is 26.4 Å². The van der Waals surface area contributed by atoms with Gasteiger partial charge in [-0.25, -0.2) is 9.59 Å². The van der Waals surface area contributed by atoms with Gasteiger partial charge in [0.15, 0.2) is 0 Å². The summed E-state index contributed by atoms with van der Waals surface area (Å²) in [6, 6.07) is -1.87. The van der Waals surface area contributed by atoms with Gasteiger partial charge >= 0.3 is 12.0 Å². The fourth-order valence-corrected chi connectivity index (χ4v) is 2.40. The molecule has 0 aromatic carbocycles. The average molecular weight is 455 g/mol. The number of hydrogen-bond donors (Lipinski definition) is 4. The van der Waals surface area contributed by atoms with Crippen LogP contribution >= 0.6 is 27.0 Å². The topological polar surface area (TPSA) is 123 Å². The third-order valence-electron chi connectivity index (χ3n) is 3.51. The van der Waals surface area contributed by atoms with Crippen molar-refractivity contribution in [1.29, 1.82) is 0 Å². The van der Waals surface area contributed by atoms with Gasteiger partial charge in [-0.3, -0.25) is 4.79 Å². The lowest BCUT2D eigenvalue weighted by Crippen LogP contribution is -2.57. The zero-order valence-corrected chi connectivity index (χ0v) is 21.1. The van der Waals surface area contributed by atoms with Gasteiger partial charge in [0.2, 0.25) is 5.91 Å². The molecule has 0 bridgehead atoms. The summed E-state index contributed by atoms with van der Waals surface area (Å²) in [6.07, 6.45) is 0.813. The van der Waals surface area contributed by atoms with E-state index in [0.29, 0.717) is 19.4 Å². The Morgan fingerprint density at radius 2 is 1.52 bits per heavy atom. The summed E-state index contributed by atoms with van der Waals surface area (Å²) in [4.78, 5) is 36.1. The highest BCUT2D eigenvalue weighted by Crippen LogP contribution is 2.13. The Morgan fingerprint density at radius 3 is 1.90 bits per heavy atom. The van der Waals surface area contributed by atoms with Crippen LogP contribution in [0.3, 0.4) is 0 Å². The molecule has 0 radical (unpaired) electrons. The first kappa shape index (κ1) is 32.5. The first-order valence-corrected chi connectivity index (χ1v) is 9.46. The van der Waals surface area contributed by atoms with E-state index < -0.39 is 29.7 Å². The lowest BCUT2D eigenvalue weighted by atomic mass is 9.98. The predicted molar refractivity (Wildman–Crippen MR) is 127 cm³/mol. The van der Waals surface area contributed by atoms with Gasteiger partial charge in [-0.15, -0.1) is 0 Å². The van der Waals surface area contributed by atoms with Crippen molar-refractivity contribution in [3.8, 4) is 0 Å². The Morgan fingerprint density at radius 1 is 1.00 bits per heavy atom. The highest BCUT2D eigenvalue weighted by Gasteiger charge is 2.31. The summed E-state index contributed by atoms with van der Waals surface area (Å²) in [6.45, 7) is 15.5. The van der Waals surface area contributed by atoms with Gasteiger partial charge in [0.05, 0.1) is 6.04 Å². The second-order valence-corrected chi connectivity index (χ2v) is 9.14. The molecule has 0 saturated heterocycles. The smallest absolute Gasteiger partial charge is 0.329 e. The summed E-state index contributed by atoms with van der Waals surface area (Å²) < 4.78 is 5.43. The number of ether oxygens (including phenoxy) is 1. The monoisotopic (exact) mass is 454 g/mol. The molecular weight excluding hydrogens is 412 g/mol. The van der Waals surface area contributed by atoms with Crippen molar-refractivity contribution in [2.45, 2.75) is 91.5 Å². The van der Waals surface area contributed by atoms with E-state index >= 15 is 0 Å². The first-order valence-electron chi connectivity index (χ1n) is 9.46. The Bertz CT molecular complexity index is 517. The normalized spacial score (nSPS) is 13.4. The Hall–Kier alpha value is -1.13. The summed E-state index contributed by atoms with van der Waals surface area (Å²) in [5, 5.41) is 8.58. The number of carbonyl (C=O) groups excluding carboxylic acids is 3. The standard InChI is InChI=1S/C19H38N4O4.2H2S/c1-12(2)14(23-18(3,4)5)15(24)22-13(10-9-11-21-17(20)26)16(25)27-19(6,7)8;;/h12-14,23H,9-11H2,1-8H3,(H,22,24)(H3,20,21,26);2*1H2/t13-,14-;;/m0../s1. The van der Waals surface area contributed by atoms with Crippen LogP contribution in [0.25, 0.3) is 0 Å². The highest BCUT2D eigenvalue weighted by molar-refractivity contribution is 7.59. The number of primary amides is 1. The molecule has 174 valence electrons. The molecule has 0 fully saturated rings. The van der Waals surface area contributed by atoms with Gasteiger partial charge in [-0.2, -0.15) is 27.0 Å². The molecule has 29 heavy (non-hydrogen) atoms. The number of urea groups is 1. The van der Waals surface area contributed by atoms with Crippen LogP contribution in [-0.2, 0) is 14.3 Å². The second-order valence-electron chi connectivity index (χ2n) is 9.14. The van der Waals surface area contributed by atoms with E-state index in [2.05, 4.69) is 16.0 Å². The summed E-state index contributed by atoms with van der Waals surface area (Å²) in [5.41, 5.74) is 4.13. The summed E-state index contributed by atoms with van der Waals surface area (Å²) in [5.74, 6) is -0.702. The molecule has 0 unspecified atom stereocenters. The second kappa shape index (κ2) is 14.0. The fourth-order valence-electron chi connectivity index (χ4n) is 2.40. The number of rotatable bonds is 9. The molecule has 5 N–H and O–H groups in total. The maximum atomic E-state index is 12.8. The molecule has 0 aliphatic carbocycles. The predicted octanol–water partition coefficient (Wildman–Crippen LogP) is 1.90. The number of nitrogens with one attached hydrogen (secondary N) is 3. The molecule has 0 aliphatic rings. The molecule has 10 heteroatoms. The van der Waals surface area contributed by atoms with Crippen molar-refractivity contribution in [2.24, 2.45) is 11.7 Å². The third-order valence-corrected chi connectivity index (χ3v) is 3.51. The van der Waals surface area contributed by atoms with Crippen LogP contribution in [0.4, 0.5) is 4.79 Å². The highest BCUT2D eigenvalue weighted by atomic mass is 32.1. The van der Waals surface area contributed by atoms with Crippen LogP contribution in [0.5, 0.6) is 0 Å². The summed E-state index contributed by atoms with van der Waals surface area (Å²) in [7, 11) is 0. The van der Waals surface area contributed by atoms with Gasteiger partial charge in [0.1, 0.15) is 11.6 Å². The Labute approximate surface area is 189 Å². The minimum absolute atomic E-state index is 0. The zero-order valence-electron chi connectivity index (χ0n) is 19.1. The lowest BCUT2D eigenvalue weighted by Gasteiger charge is -2.32. The lowest BCUT2D eigenvalue weighted by molar-refractivity contribution is -0.159. The fraction of sp³-hybridized carbons (Fsp3) is 0.842. The molecular formula is C19H42N4O4S2. The van der Waals surface area contributed by atoms with Crippen LogP contribution in [0.15, 0.2) is 0 Å². The van der Waals surface area contributed by atoms with E-state index in [9.17, 15) is 14.4 Å². The zero-order chi connectivity index (χ0) is 21.4. The van der Waals surface area contributed by atoms with E-state index in [1.54, 1.807) is 20.8 Å². The molecule has 0 aromatic rings. The van der Waals surface area contributed by atoms with Crippen molar-refractivity contribution in [2.75, 3.05) is 6.54 Å². The van der Waals surface area contributed by atoms with Crippen molar-refractivity contribution < 1.29 is 19.1 Å². The molecule has 2 atom stereocenters. The molecule has 0 heterocycles. The van der Waals surface area contributed by atoms with Gasteiger partial charge in [0.25, 0.3) is 0 Å². The van der Waals surface area contributed by atoms with Gasteiger partial charge in [0, 0.05) is 12.1 Å². The van der Waals surface area contributed by atoms with E-state index in [0.717, 1.165) is 0 Å².